The van der Waals surface area contributed by atoms with Crippen LogP contribution in [0.3, 0.4) is 0 Å². The van der Waals surface area contributed by atoms with Crippen LogP contribution in [0.5, 0.6) is 11.6 Å². The van der Waals surface area contributed by atoms with E-state index >= 15 is 0 Å². The van der Waals surface area contributed by atoms with Crippen LogP contribution in [-0.4, -0.2) is 36.6 Å². The maximum Gasteiger partial charge on any atom is 0.219 e. The average molecular weight is 287 g/mol. The van der Waals surface area contributed by atoms with E-state index in [1.54, 1.807) is 24.3 Å². The molecule has 1 heterocycles. The van der Waals surface area contributed by atoms with Crippen molar-refractivity contribution in [2.75, 3.05) is 20.4 Å². The van der Waals surface area contributed by atoms with Crippen LogP contribution in [0.25, 0.3) is 0 Å². The molecule has 0 saturated heterocycles. The van der Waals surface area contributed by atoms with E-state index in [-0.39, 0.29) is 0 Å². The van der Waals surface area contributed by atoms with Gasteiger partial charge in [0.15, 0.2) is 0 Å². The second-order valence-corrected chi connectivity index (χ2v) is 5.22. The fourth-order valence-electron chi connectivity index (χ4n) is 1.46. The summed E-state index contributed by atoms with van der Waals surface area (Å²) >= 11 is 1.70. The van der Waals surface area contributed by atoms with Gasteiger partial charge in [0.2, 0.25) is 5.88 Å². The summed E-state index contributed by atoms with van der Waals surface area (Å²) in [7, 11) is 3.85. The highest BCUT2D eigenvalue weighted by Crippen LogP contribution is 2.24. The third-order valence-electron chi connectivity index (χ3n) is 2.44. The van der Waals surface area contributed by atoms with Gasteiger partial charge in [0, 0.05) is 25.1 Å². The minimum Gasteiger partial charge on any atom is -0.439 e. The standard InChI is InChI=1S/C15H17N3OS/c1-18(2)11-17-12-4-9-15(16-10-12)19-13-5-7-14(20-3)8-6-13/h4-11H,1-3H3/b17-11+. The molecule has 0 saturated carbocycles. The molecule has 1 aromatic carbocycles. The van der Waals surface area contributed by atoms with Gasteiger partial charge in [-0.2, -0.15) is 0 Å². The predicted molar refractivity (Wildman–Crippen MR) is 84.4 cm³/mol. The molecule has 0 aliphatic rings. The van der Waals surface area contributed by atoms with E-state index in [4.69, 9.17) is 4.74 Å². The van der Waals surface area contributed by atoms with Crippen molar-refractivity contribution in [3.05, 3.63) is 42.6 Å². The van der Waals surface area contributed by atoms with E-state index in [0.717, 1.165) is 11.4 Å². The van der Waals surface area contributed by atoms with Crippen molar-refractivity contribution >= 4 is 23.8 Å². The third kappa shape index (κ3) is 4.28. The summed E-state index contributed by atoms with van der Waals surface area (Å²) in [5.41, 5.74) is 0.795. The number of ether oxygens (including phenoxy) is 1. The molecule has 2 rings (SSSR count). The highest BCUT2D eigenvalue weighted by atomic mass is 32.2. The fraction of sp³-hybridized carbons (Fsp3) is 0.200. The highest BCUT2D eigenvalue weighted by Gasteiger charge is 1.99. The Morgan fingerprint density at radius 2 is 1.90 bits per heavy atom. The van der Waals surface area contributed by atoms with Gasteiger partial charge in [-0.15, -0.1) is 11.8 Å². The van der Waals surface area contributed by atoms with Gasteiger partial charge in [-0.3, -0.25) is 0 Å². The molecule has 5 heteroatoms. The zero-order valence-electron chi connectivity index (χ0n) is 11.8. The van der Waals surface area contributed by atoms with Crippen LogP contribution in [0.4, 0.5) is 5.69 Å². The lowest BCUT2D eigenvalue weighted by Gasteiger charge is -2.06. The lowest BCUT2D eigenvalue weighted by molar-refractivity contribution is 0.462. The molecule has 0 N–H and O–H groups in total. The molecule has 1 aromatic heterocycles. The van der Waals surface area contributed by atoms with Crippen molar-refractivity contribution in [2.45, 2.75) is 4.90 Å². The summed E-state index contributed by atoms with van der Waals surface area (Å²) in [4.78, 5) is 11.6. The van der Waals surface area contributed by atoms with E-state index in [2.05, 4.69) is 9.98 Å². The second-order valence-electron chi connectivity index (χ2n) is 4.34. The van der Waals surface area contributed by atoms with Crippen LogP contribution < -0.4 is 4.74 Å². The summed E-state index contributed by atoms with van der Waals surface area (Å²) in [6, 6.07) is 11.6. The number of aromatic nitrogens is 1. The number of benzene rings is 1. The van der Waals surface area contributed by atoms with Gasteiger partial charge < -0.3 is 9.64 Å². The lowest BCUT2D eigenvalue weighted by Crippen LogP contribution is -2.06. The minimum atomic E-state index is 0.561. The molecule has 0 aliphatic heterocycles. The number of nitrogens with zero attached hydrogens (tertiary/aromatic N) is 3. The number of thioether (sulfide) groups is 1. The van der Waals surface area contributed by atoms with Crippen molar-refractivity contribution in [1.82, 2.24) is 9.88 Å². The first-order valence-corrected chi connectivity index (χ1v) is 7.38. The first-order valence-electron chi connectivity index (χ1n) is 6.16. The second kappa shape index (κ2) is 6.96. The summed E-state index contributed by atoms with van der Waals surface area (Å²) in [6.07, 6.45) is 5.47. The monoisotopic (exact) mass is 287 g/mol. The Balaban J connectivity index is 2.02. The van der Waals surface area contributed by atoms with Crippen molar-refractivity contribution in [1.29, 1.82) is 0 Å². The topological polar surface area (TPSA) is 37.7 Å². The van der Waals surface area contributed by atoms with Crippen LogP contribution in [0.15, 0.2) is 52.5 Å². The molecule has 0 amide bonds. The molecular formula is C15H17N3OS. The number of hydrogen-bond acceptors (Lipinski definition) is 4. The van der Waals surface area contributed by atoms with Gasteiger partial charge in [-0.25, -0.2) is 9.98 Å². The summed E-state index contributed by atoms with van der Waals surface area (Å²) in [6.45, 7) is 0. The minimum absolute atomic E-state index is 0.561. The average Bonchev–Trinajstić information content (AvgIpc) is 2.47. The molecule has 0 fully saturated rings. The Kier molecular flexibility index (Phi) is 5.01. The fourth-order valence-corrected chi connectivity index (χ4v) is 1.86. The van der Waals surface area contributed by atoms with E-state index in [1.165, 1.54) is 4.90 Å². The Labute approximate surface area is 123 Å². The molecular weight excluding hydrogens is 270 g/mol. The molecule has 0 radical (unpaired) electrons. The van der Waals surface area contributed by atoms with Crippen LogP contribution in [-0.2, 0) is 0 Å². The Hall–Kier alpha value is -2.01. The molecule has 20 heavy (non-hydrogen) atoms. The van der Waals surface area contributed by atoms with Gasteiger partial charge in [-0.05, 0) is 36.6 Å². The number of hydrogen-bond donors (Lipinski definition) is 0. The molecule has 0 spiro atoms. The van der Waals surface area contributed by atoms with Crippen LogP contribution in [0.2, 0.25) is 0 Å². The zero-order valence-corrected chi connectivity index (χ0v) is 12.6. The van der Waals surface area contributed by atoms with Crippen LogP contribution in [0.1, 0.15) is 0 Å². The predicted octanol–water partition coefficient (Wildman–Crippen LogP) is 3.82. The van der Waals surface area contributed by atoms with E-state index in [1.807, 2.05) is 61.6 Å². The molecule has 0 unspecified atom stereocenters. The quantitative estimate of drug-likeness (QED) is 0.476. The van der Waals surface area contributed by atoms with Gasteiger partial charge >= 0.3 is 0 Å². The smallest absolute Gasteiger partial charge is 0.219 e. The van der Waals surface area contributed by atoms with Gasteiger partial charge in [0.25, 0.3) is 0 Å². The first kappa shape index (κ1) is 14.4. The molecule has 104 valence electrons. The number of rotatable bonds is 5. The Morgan fingerprint density at radius 1 is 1.15 bits per heavy atom. The van der Waals surface area contributed by atoms with Gasteiger partial charge in [-0.1, -0.05) is 0 Å². The van der Waals surface area contributed by atoms with E-state index in [0.29, 0.717) is 5.88 Å². The van der Waals surface area contributed by atoms with Crippen LogP contribution in [0, 0.1) is 0 Å². The summed E-state index contributed by atoms with van der Waals surface area (Å²) < 4.78 is 5.68. The van der Waals surface area contributed by atoms with Gasteiger partial charge in [0.05, 0.1) is 18.2 Å². The molecule has 0 atom stereocenters. The zero-order chi connectivity index (χ0) is 14.4. The summed E-state index contributed by atoms with van der Waals surface area (Å²) in [5, 5.41) is 0. The number of aliphatic imine (C=N–C) groups is 1. The van der Waals surface area contributed by atoms with E-state index < -0.39 is 0 Å². The van der Waals surface area contributed by atoms with E-state index in [9.17, 15) is 0 Å². The number of pyridine rings is 1. The third-order valence-corrected chi connectivity index (χ3v) is 3.18. The molecule has 0 bridgehead atoms. The highest BCUT2D eigenvalue weighted by molar-refractivity contribution is 7.98. The lowest BCUT2D eigenvalue weighted by atomic mass is 10.3. The first-order chi connectivity index (χ1) is 9.67. The largest absolute Gasteiger partial charge is 0.439 e. The summed E-state index contributed by atoms with van der Waals surface area (Å²) in [5.74, 6) is 1.34. The maximum absolute atomic E-state index is 5.68. The molecule has 0 aliphatic carbocycles. The van der Waals surface area contributed by atoms with Crippen molar-refractivity contribution in [2.24, 2.45) is 4.99 Å². The normalized spacial score (nSPS) is 10.8. The molecule has 2 aromatic rings. The van der Waals surface area contributed by atoms with Crippen molar-refractivity contribution < 1.29 is 4.74 Å². The van der Waals surface area contributed by atoms with Crippen LogP contribution >= 0.6 is 11.8 Å². The Morgan fingerprint density at radius 3 is 2.45 bits per heavy atom. The van der Waals surface area contributed by atoms with Gasteiger partial charge in [0.1, 0.15) is 5.75 Å². The van der Waals surface area contributed by atoms with Crippen molar-refractivity contribution in [3.63, 3.8) is 0 Å². The van der Waals surface area contributed by atoms with Crippen molar-refractivity contribution in [3.8, 4) is 11.6 Å². The molecule has 4 nitrogen and oxygen atoms in total. The Bertz CT molecular complexity index is 565. The SMILES string of the molecule is CSc1ccc(Oc2ccc(/N=C/N(C)C)cn2)cc1. The maximum atomic E-state index is 5.68.